The molecule has 2 rings (SSSR count). The first-order chi connectivity index (χ1) is 7.45. The zero-order valence-electron chi connectivity index (χ0n) is 8.65. The molecule has 0 saturated heterocycles. The standard InChI is InChI=1S/C13H15NO/c1-2-6-12(7-3-1)8-4-9-13-10-5-11-15-14-13/h1-3,5-7,10-11,14H,4,8-9H2. The summed E-state index contributed by atoms with van der Waals surface area (Å²) in [6.45, 7) is 0. The van der Waals surface area contributed by atoms with Gasteiger partial charge in [-0.05, 0) is 37.0 Å². The molecule has 0 fully saturated rings. The van der Waals surface area contributed by atoms with E-state index in [0.29, 0.717) is 0 Å². The summed E-state index contributed by atoms with van der Waals surface area (Å²) in [5.41, 5.74) is 5.42. The number of nitrogens with one attached hydrogen (secondary N) is 1. The molecular formula is C13H15NO. The van der Waals surface area contributed by atoms with Crippen LogP contribution in [-0.4, -0.2) is 0 Å². The van der Waals surface area contributed by atoms with Crippen LogP contribution >= 0.6 is 0 Å². The molecule has 2 heteroatoms. The summed E-state index contributed by atoms with van der Waals surface area (Å²) in [4.78, 5) is 4.99. The minimum atomic E-state index is 1.03. The molecule has 0 amide bonds. The van der Waals surface area contributed by atoms with Crippen molar-refractivity contribution in [3.8, 4) is 0 Å². The van der Waals surface area contributed by atoms with Crippen molar-refractivity contribution >= 4 is 0 Å². The largest absolute Gasteiger partial charge is 0.390 e. The summed E-state index contributed by atoms with van der Waals surface area (Å²) in [6.07, 6.45) is 8.88. The van der Waals surface area contributed by atoms with Crippen LogP contribution in [0.5, 0.6) is 0 Å². The molecule has 2 nitrogen and oxygen atoms in total. The SMILES string of the molecule is C1=CONC(CCCc2ccccc2)=C1. The van der Waals surface area contributed by atoms with Crippen LogP contribution in [0.2, 0.25) is 0 Å². The van der Waals surface area contributed by atoms with Gasteiger partial charge < -0.3 is 4.84 Å². The van der Waals surface area contributed by atoms with E-state index < -0.39 is 0 Å². The second-order valence-electron chi connectivity index (χ2n) is 3.58. The first-order valence-corrected chi connectivity index (χ1v) is 5.26. The predicted molar refractivity (Wildman–Crippen MR) is 60.8 cm³/mol. The number of hydroxylamine groups is 1. The highest BCUT2D eigenvalue weighted by molar-refractivity contribution is 5.16. The van der Waals surface area contributed by atoms with Gasteiger partial charge in [0.25, 0.3) is 0 Å². The third kappa shape index (κ3) is 3.17. The molecule has 1 aliphatic rings. The summed E-state index contributed by atoms with van der Waals surface area (Å²) < 4.78 is 0. The van der Waals surface area contributed by atoms with E-state index in [1.807, 2.05) is 12.1 Å². The molecule has 0 spiro atoms. The van der Waals surface area contributed by atoms with Gasteiger partial charge in [0.05, 0.1) is 0 Å². The van der Waals surface area contributed by atoms with Crippen LogP contribution in [0.25, 0.3) is 0 Å². The Morgan fingerprint density at radius 3 is 2.67 bits per heavy atom. The van der Waals surface area contributed by atoms with Gasteiger partial charge in [-0.1, -0.05) is 30.3 Å². The fourth-order valence-electron chi connectivity index (χ4n) is 1.60. The molecule has 0 bridgehead atoms. The first kappa shape index (κ1) is 9.84. The van der Waals surface area contributed by atoms with Crippen molar-refractivity contribution in [1.82, 2.24) is 5.48 Å². The zero-order chi connectivity index (χ0) is 10.3. The molecule has 0 radical (unpaired) electrons. The Bertz CT molecular complexity index is 354. The number of hydrogen-bond donors (Lipinski definition) is 1. The molecule has 1 heterocycles. The molecule has 1 N–H and O–H groups in total. The van der Waals surface area contributed by atoms with Crippen LogP contribution in [0.3, 0.4) is 0 Å². The lowest BCUT2D eigenvalue weighted by molar-refractivity contribution is 0.155. The van der Waals surface area contributed by atoms with Crippen molar-refractivity contribution in [2.45, 2.75) is 19.3 Å². The summed E-state index contributed by atoms with van der Waals surface area (Å²) in [7, 11) is 0. The van der Waals surface area contributed by atoms with Gasteiger partial charge in [-0.3, -0.25) is 0 Å². The highest BCUT2D eigenvalue weighted by atomic mass is 16.6. The van der Waals surface area contributed by atoms with E-state index in [2.05, 4.69) is 35.8 Å². The summed E-state index contributed by atoms with van der Waals surface area (Å²) in [6, 6.07) is 10.5. The van der Waals surface area contributed by atoms with Crippen LogP contribution in [0, 0.1) is 0 Å². The lowest BCUT2D eigenvalue weighted by Crippen LogP contribution is -2.13. The molecule has 0 aliphatic carbocycles. The van der Waals surface area contributed by atoms with Gasteiger partial charge >= 0.3 is 0 Å². The van der Waals surface area contributed by atoms with Gasteiger partial charge in [-0.2, -0.15) is 0 Å². The van der Waals surface area contributed by atoms with E-state index in [0.717, 1.165) is 25.0 Å². The van der Waals surface area contributed by atoms with Crippen LogP contribution < -0.4 is 5.48 Å². The van der Waals surface area contributed by atoms with E-state index in [1.165, 1.54) is 5.56 Å². The maximum Gasteiger partial charge on any atom is 0.119 e. The smallest absolute Gasteiger partial charge is 0.119 e. The van der Waals surface area contributed by atoms with Gasteiger partial charge in [0.2, 0.25) is 0 Å². The van der Waals surface area contributed by atoms with Gasteiger partial charge in [0, 0.05) is 5.70 Å². The molecule has 1 aromatic carbocycles. The Hall–Kier alpha value is -1.70. The average molecular weight is 201 g/mol. The van der Waals surface area contributed by atoms with Crippen molar-refractivity contribution in [1.29, 1.82) is 0 Å². The molecule has 1 aromatic rings. The quantitative estimate of drug-likeness (QED) is 0.808. The maximum absolute atomic E-state index is 4.99. The Balaban J connectivity index is 1.75. The number of allylic oxidation sites excluding steroid dienone is 3. The molecular weight excluding hydrogens is 186 g/mol. The van der Waals surface area contributed by atoms with Crippen LogP contribution in [0.1, 0.15) is 18.4 Å². The normalized spacial score (nSPS) is 14.0. The van der Waals surface area contributed by atoms with Crippen molar-refractivity contribution < 1.29 is 4.84 Å². The first-order valence-electron chi connectivity index (χ1n) is 5.26. The van der Waals surface area contributed by atoms with Crippen molar-refractivity contribution in [2.75, 3.05) is 0 Å². The molecule has 0 atom stereocenters. The van der Waals surface area contributed by atoms with E-state index in [4.69, 9.17) is 4.84 Å². The molecule has 0 unspecified atom stereocenters. The van der Waals surface area contributed by atoms with Gasteiger partial charge in [0.1, 0.15) is 6.26 Å². The van der Waals surface area contributed by atoms with Crippen molar-refractivity contribution in [3.05, 3.63) is 60.0 Å². The number of hydrogen-bond acceptors (Lipinski definition) is 2. The third-order valence-electron chi connectivity index (χ3n) is 2.39. The monoisotopic (exact) mass is 201 g/mol. The van der Waals surface area contributed by atoms with E-state index in [-0.39, 0.29) is 0 Å². The molecule has 78 valence electrons. The summed E-state index contributed by atoms with van der Waals surface area (Å²) >= 11 is 0. The van der Waals surface area contributed by atoms with E-state index >= 15 is 0 Å². The highest BCUT2D eigenvalue weighted by Crippen LogP contribution is 2.10. The Kier molecular flexibility index (Phi) is 3.44. The summed E-state index contributed by atoms with van der Waals surface area (Å²) in [5.74, 6) is 0. The van der Waals surface area contributed by atoms with Crippen LogP contribution in [0.4, 0.5) is 0 Å². The van der Waals surface area contributed by atoms with Gasteiger partial charge in [-0.15, -0.1) is 0 Å². The minimum Gasteiger partial charge on any atom is -0.390 e. The van der Waals surface area contributed by atoms with E-state index in [1.54, 1.807) is 6.26 Å². The summed E-state index contributed by atoms with van der Waals surface area (Å²) in [5, 5.41) is 0. The molecule has 0 aromatic heterocycles. The van der Waals surface area contributed by atoms with Gasteiger partial charge in [0.15, 0.2) is 0 Å². The van der Waals surface area contributed by atoms with Crippen molar-refractivity contribution in [2.24, 2.45) is 0 Å². The molecule has 1 aliphatic heterocycles. The fourth-order valence-corrected chi connectivity index (χ4v) is 1.60. The average Bonchev–Trinajstić information content (AvgIpc) is 2.32. The molecule has 0 saturated carbocycles. The Morgan fingerprint density at radius 2 is 1.93 bits per heavy atom. The Morgan fingerprint density at radius 1 is 1.07 bits per heavy atom. The zero-order valence-corrected chi connectivity index (χ0v) is 8.65. The lowest BCUT2D eigenvalue weighted by Gasteiger charge is -2.11. The number of aryl methyl sites for hydroxylation is 1. The Labute approximate surface area is 90.2 Å². The van der Waals surface area contributed by atoms with Crippen LogP contribution in [-0.2, 0) is 11.3 Å². The second kappa shape index (κ2) is 5.25. The highest BCUT2D eigenvalue weighted by Gasteiger charge is 1.99. The second-order valence-corrected chi connectivity index (χ2v) is 3.58. The van der Waals surface area contributed by atoms with E-state index in [9.17, 15) is 0 Å². The topological polar surface area (TPSA) is 21.3 Å². The maximum atomic E-state index is 4.99. The lowest BCUT2D eigenvalue weighted by atomic mass is 10.1. The molecule has 15 heavy (non-hydrogen) atoms. The number of benzene rings is 1. The minimum absolute atomic E-state index is 1.03. The predicted octanol–water partition coefficient (Wildman–Crippen LogP) is 2.94. The number of rotatable bonds is 4. The third-order valence-corrected chi connectivity index (χ3v) is 2.39. The van der Waals surface area contributed by atoms with Crippen LogP contribution in [0.15, 0.2) is 54.4 Å². The fraction of sp³-hybridized carbons (Fsp3) is 0.231. The van der Waals surface area contributed by atoms with Crippen molar-refractivity contribution in [3.63, 3.8) is 0 Å². The van der Waals surface area contributed by atoms with Gasteiger partial charge in [-0.25, -0.2) is 5.48 Å².